The molecule has 0 bridgehead atoms. The molecule has 1 saturated heterocycles. The predicted molar refractivity (Wildman–Crippen MR) is 97.8 cm³/mol. The minimum absolute atomic E-state index is 0.0546. The van der Waals surface area contributed by atoms with Crippen LogP contribution in [0.4, 0.5) is 32.2 Å². The summed E-state index contributed by atoms with van der Waals surface area (Å²) >= 11 is 0. The van der Waals surface area contributed by atoms with Crippen LogP contribution in [0.5, 0.6) is 5.88 Å². The molecule has 3 rings (SSSR count). The van der Waals surface area contributed by atoms with E-state index in [1.165, 1.54) is 19.4 Å². The lowest BCUT2D eigenvalue weighted by Gasteiger charge is -2.32. The van der Waals surface area contributed by atoms with E-state index in [1.807, 2.05) is 0 Å². The third kappa shape index (κ3) is 5.79. The van der Waals surface area contributed by atoms with Gasteiger partial charge in [-0.15, -0.1) is 0 Å². The summed E-state index contributed by atoms with van der Waals surface area (Å²) in [6, 6.07) is 3.08. The van der Waals surface area contributed by atoms with Gasteiger partial charge in [-0.3, -0.25) is 0 Å². The lowest BCUT2D eigenvalue weighted by molar-refractivity contribution is -0.141. The molecule has 0 aromatic carbocycles. The molecule has 170 valence electrons. The fourth-order valence-electron chi connectivity index (χ4n) is 3.06. The molecular weight excluding hydrogens is 432 g/mol. The van der Waals surface area contributed by atoms with Crippen molar-refractivity contribution in [3.8, 4) is 5.88 Å². The number of anilines is 1. The third-order valence-corrected chi connectivity index (χ3v) is 4.60. The number of ether oxygens (including phenoxy) is 1. The van der Waals surface area contributed by atoms with E-state index in [2.05, 4.69) is 20.1 Å². The highest BCUT2D eigenvalue weighted by Gasteiger charge is 2.36. The van der Waals surface area contributed by atoms with Gasteiger partial charge in [-0.1, -0.05) is 5.16 Å². The smallest absolute Gasteiger partial charge is 0.435 e. The fraction of sp³-hybridized carbons (Fsp3) is 0.500. The molecule has 0 radical (unpaired) electrons. The van der Waals surface area contributed by atoms with E-state index >= 15 is 0 Å². The number of nitrogens with zero attached hydrogens (tertiary/aromatic N) is 5. The Labute approximate surface area is 173 Å². The van der Waals surface area contributed by atoms with Crippen LogP contribution in [-0.4, -0.2) is 47.3 Å². The topological polar surface area (TPSA) is 64.8 Å². The van der Waals surface area contributed by atoms with Crippen LogP contribution in [0.2, 0.25) is 0 Å². The summed E-state index contributed by atoms with van der Waals surface area (Å²) in [5.74, 6) is 0.340. The first-order valence-corrected chi connectivity index (χ1v) is 9.23. The highest BCUT2D eigenvalue weighted by molar-refractivity contribution is 5.56. The lowest BCUT2D eigenvalue weighted by Crippen LogP contribution is -2.39. The number of hydrogen-bond acceptors (Lipinski definition) is 6. The van der Waals surface area contributed by atoms with E-state index in [9.17, 15) is 26.3 Å². The molecule has 2 aromatic heterocycles. The molecule has 13 heteroatoms. The van der Waals surface area contributed by atoms with Crippen LogP contribution in [0.1, 0.15) is 24.1 Å². The molecule has 3 heterocycles. The number of aromatic nitrogens is 3. The highest BCUT2D eigenvalue weighted by atomic mass is 19.4. The molecule has 0 aliphatic carbocycles. The average Bonchev–Trinajstić information content (AvgIpc) is 3.11. The zero-order valence-corrected chi connectivity index (χ0v) is 16.3. The van der Waals surface area contributed by atoms with E-state index < -0.39 is 23.6 Å². The van der Waals surface area contributed by atoms with Crippen LogP contribution in [-0.2, 0) is 23.7 Å². The van der Waals surface area contributed by atoms with E-state index in [0.717, 1.165) is 23.0 Å². The SMILES string of the molecule is CO/N=C/Cn1nc(C(F)(F)F)cc1OC1CCN(c2ccc(C(F)(F)F)cn2)CC1. The Balaban J connectivity index is 1.64. The quantitative estimate of drug-likeness (QED) is 0.378. The molecule has 0 saturated carbocycles. The van der Waals surface area contributed by atoms with E-state index in [-0.39, 0.29) is 18.5 Å². The first-order chi connectivity index (χ1) is 14.6. The maximum Gasteiger partial charge on any atom is 0.435 e. The summed E-state index contributed by atoms with van der Waals surface area (Å²) in [7, 11) is 1.30. The molecule has 0 spiro atoms. The van der Waals surface area contributed by atoms with E-state index in [1.54, 1.807) is 4.90 Å². The number of halogens is 6. The van der Waals surface area contributed by atoms with Crippen molar-refractivity contribution in [2.24, 2.45) is 5.16 Å². The Bertz CT molecular complexity index is 886. The fourth-order valence-corrected chi connectivity index (χ4v) is 3.06. The molecule has 0 amide bonds. The second-order valence-corrected chi connectivity index (χ2v) is 6.73. The second kappa shape index (κ2) is 9.02. The molecule has 2 aromatic rings. The Kier molecular flexibility index (Phi) is 6.60. The molecule has 1 aliphatic rings. The molecule has 1 aliphatic heterocycles. The van der Waals surface area contributed by atoms with Crippen LogP contribution in [0.3, 0.4) is 0 Å². The second-order valence-electron chi connectivity index (χ2n) is 6.73. The average molecular weight is 451 g/mol. The molecule has 7 nitrogen and oxygen atoms in total. The number of hydrogen-bond donors (Lipinski definition) is 0. The van der Waals surface area contributed by atoms with Gasteiger partial charge in [0.2, 0.25) is 5.88 Å². The minimum Gasteiger partial charge on any atom is -0.474 e. The maximum atomic E-state index is 13.0. The summed E-state index contributed by atoms with van der Waals surface area (Å²) in [5, 5.41) is 7.00. The van der Waals surface area contributed by atoms with Crippen molar-refractivity contribution < 1.29 is 35.9 Å². The van der Waals surface area contributed by atoms with Crippen molar-refractivity contribution in [1.29, 1.82) is 0 Å². The standard InChI is InChI=1S/C18H19F6N5O2/c1-30-26-6-9-29-16(10-14(27-29)18(22,23)24)31-13-4-7-28(8-5-13)15-3-2-12(11-25-15)17(19,20)21/h2-3,6,10-11,13H,4-5,7-9H2,1H3/b26-6+. The molecule has 0 unspecified atom stereocenters. The van der Waals surface area contributed by atoms with Gasteiger partial charge < -0.3 is 14.5 Å². The normalized spacial score (nSPS) is 16.2. The van der Waals surface area contributed by atoms with Crippen molar-refractivity contribution >= 4 is 12.0 Å². The van der Waals surface area contributed by atoms with E-state index in [4.69, 9.17) is 4.74 Å². The van der Waals surface area contributed by atoms with Gasteiger partial charge in [0.05, 0.1) is 18.3 Å². The first kappa shape index (κ1) is 22.7. The van der Waals surface area contributed by atoms with Crippen LogP contribution in [0.15, 0.2) is 29.6 Å². The molecule has 0 atom stereocenters. The van der Waals surface area contributed by atoms with Gasteiger partial charge in [0.25, 0.3) is 0 Å². The van der Waals surface area contributed by atoms with Gasteiger partial charge >= 0.3 is 12.4 Å². The minimum atomic E-state index is -4.63. The van der Waals surface area contributed by atoms with Crippen LogP contribution >= 0.6 is 0 Å². The summed E-state index contributed by atoms with van der Waals surface area (Å²) in [4.78, 5) is 10.2. The van der Waals surface area contributed by atoms with Crippen molar-refractivity contribution in [2.75, 3.05) is 25.1 Å². The van der Waals surface area contributed by atoms with Crippen LogP contribution in [0, 0.1) is 0 Å². The maximum absolute atomic E-state index is 13.0. The summed E-state index contributed by atoms with van der Waals surface area (Å²) in [6.45, 7) is 0.774. The number of alkyl halides is 6. The van der Waals surface area contributed by atoms with Crippen molar-refractivity contribution in [1.82, 2.24) is 14.8 Å². The Hall–Kier alpha value is -2.99. The Morgan fingerprint density at radius 1 is 1.13 bits per heavy atom. The molecule has 1 fully saturated rings. The van der Waals surface area contributed by atoms with Gasteiger partial charge in [0.15, 0.2) is 5.69 Å². The largest absolute Gasteiger partial charge is 0.474 e. The van der Waals surface area contributed by atoms with Crippen LogP contribution in [0.25, 0.3) is 0 Å². The number of oxime groups is 1. The van der Waals surface area contributed by atoms with Gasteiger partial charge in [0.1, 0.15) is 19.0 Å². The summed E-state index contributed by atoms with van der Waals surface area (Å²) < 4.78 is 83.8. The predicted octanol–water partition coefficient (Wildman–Crippen LogP) is 4.00. The van der Waals surface area contributed by atoms with Crippen molar-refractivity contribution in [3.63, 3.8) is 0 Å². The molecule has 0 N–H and O–H groups in total. The summed E-state index contributed by atoms with van der Waals surface area (Å²) in [6.07, 6.45) is -6.56. The molecule has 31 heavy (non-hydrogen) atoms. The first-order valence-electron chi connectivity index (χ1n) is 9.23. The number of rotatable bonds is 6. The molecular formula is C18H19F6N5O2. The van der Waals surface area contributed by atoms with Gasteiger partial charge in [-0.05, 0) is 12.1 Å². The lowest BCUT2D eigenvalue weighted by atomic mass is 10.1. The number of pyridine rings is 1. The zero-order valence-electron chi connectivity index (χ0n) is 16.3. The summed E-state index contributed by atoms with van der Waals surface area (Å²) in [5.41, 5.74) is -1.92. The van der Waals surface area contributed by atoms with Crippen molar-refractivity contribution in [3.05, 3.63) is 35.7 Å². The Morgan fingerprint density at radius 2 is 1.84 bits per heavy atom. The highest BCUT2D eigenvalue weighted by Crippen LogP contribution is 2.32. The van der Waals surface area contributed by atoms with Crippen molar-refractivity contribution in [2.45, 2.75) is 37.8 Å². The van der Waals surface area contributed by atoms with Crippen LogP contribution < -0.4 is 9.64 Å². The van der Waals surface area contributed by atoms with Gasteiger partial charge in [-0.25, -0.2) is 9.67 Å². The van der Waals surface area contributed by atoms with Gasteiger partial charge in [0, 0.05) is 38.2 Å². The third-order valence-electron chi connectivity index (χ3n) is 4.60. The monoisotopic (exact) mass is 451 g/mol. The van der Waals surface area contributed by atoms with E-state index in [0.29, 0.717) is 31.7 Å². The Morgan fingerprint density at radius 3 is 2.39 bits per heavy atom. The number of piperidine rings is 1. The zero-order chi connectivity index (χ0) is 22.6. The van der Waals surface area contributed by atoms with Gasteiger partial charge in [-0.2, -0.15) is 31.4 Å².